The van der Waals surface area contributed by atoms with E-state index < -0.39 is 5.82 Å². The molecule has 2 N–H and O–H groups in total. The van der Waals surface area contributed by atoms with Crippen molar-refractivity contribution in [2.75, 3.05) is 24.5 Å². The second kappa shape index (κ2) is 5.36. The van der Waals surface area contributed by atoms with Gasteiger partial charge >= 0.3 is 0 Å². The summed E-state index contributed by atoms with van der Waals surface area (Å²) in [4.78, 5) is 8.45. The van der Waals surface area contributed by atoms with Crippen LogP contribution in [0.25, 0.3) is 0 Å². The van der Waals surface area contributed by atoms with Crippen molar-refractivity contribution >= 4 is 33.4 Å². The Labute approximate surface area is 128 Å². The molecule has 0 atom stereocenters. The Kier molecular flexibility index (Phi) is 3.54. The summed E-state index contributed by atoms with van der Waals surface area (Å²) in [6, 6.07) is 3.31. The highest BCUT2D eigenvalue weighted by atomic mass is 79.9. The summed E-state index contributed by atoms with van der Waals surface area (Å²) >= 11 is 3.16. The number of anilines is 3. The first kappa shape index (κ1) is 13.9. The largest absolute Gasteiger partial charge is 0.453 e. The molecule has 2 heterocycles. The molecule has 110 valence electrons. The second-order valence-electron chi connectivity index (χ2n) is 4.38. The second-order valence-corrected chi connectivity index (χ2v) is 5.17. The fraction of sp³-hybridized carbons (Fsp3) is 0.231. The van der Waals surface area contributed by atoms with Gasteiger partial charge in [0.1, 0.15) is 10.3 Å². The van der Waals surface area contributed by atoms with Crippen LogP contribution in [0.3, 0.4) is 0 Å². The fourth-order valence-electron chi connectivity index (χ4n) is 1.94. The molecule has 1 aliphatic heterocycles. The number of fused-ring (bicyclic) bond motifs is 1. The minimum Gasteiger partial charge on any atom is -0.453 e. The van der Waals surface area contributed by atoms with Gasteiger partial charge in [0.05, 0.1) is 5.69 Å². The van der Waals surface area contributed by atoms with Crippen molar-refractivity contribution in [3.8, 4) is 11.5 Å². The number of aryl methyl sites for hydroxylation is 1. The van der Waals surface area contributed by atoms with E-state index in [9.17, 15) is 4.39 Å². The zero-order chi connectivity index (χ0) is 15.0. The van der Waals surface area contributed by atoms with Crippen LogP contribution in [0.4, 0.5) is 21.8 Å². The van der Waals surface area contributed by atoms with Gasteiger partial charge in [-0.05, 0) is 22.9 Å². The van der Waals surface area contributed by atoms with Crippen LogP contribution in [0.1, 0.15) is 5.69 Å². The van der Waals surface area contributed by atoms with Crippen LogP contribution in [0.2, 0.25) is 0 Å². The van der Waals surface area contributed by atoms with Crippen LogP contribution in [-0.4, -0.2) is 23.8 Å². The number of halogens is 2. The van der Waals surface area contributed by atoms with Crippen molar-refractivity contribution in [3.05, 3.63) is 28.1 Å². The van der Waals surface area contributed by atoms with E-state index in [0.717, 1.165) is 5.69 Å². The average Bonchev–Trinajstić information content (AvgIpc) is 2.92. The molecule has 3 rings (SSSR count). The summed E-state index contributed by atoms with van der Waals surface area (Å²) in [5.74, 6) is 1.27. The van der Waals surface area contributed by atoms with Crippen LogP contribution in [-0.2, 0) is 0 Å². The number of rotatable bonds is 3. The lowest BCUT2D eigenvalue weighted by molar-refractivity contribution is 0.173. The SMILES string of the molecule is CNc1cc(C)nc(Nc2cc3c(c(Br)c2F)OCO3)n1. The maximum atomic E-state index is 14.3. The van der Waals surface area contributed by atoms with Crippen LogP contribution in [0.5, 0.6) is 11.5 Å². The first-order valence-electron chi connectivity index (χ1n) is 6.16. The molecule has 0 fully saturated rings. The van der Waals surface area contributed by atoms with E-state index in [0.29, 0.717) is 23.3 Å². The van der Waals surface area contributed by atoms with E-state index in [2.05, 4.69) is 36.5 Å². The molecule has 6 nitrogen and oxygen atoms in total. The van der Waals surface area contributed by atoms with Gasteiger partial charge in [0, 0.05) is 24.9 Å². The molecule has 0 unspecified atom stereocenters. The van der Waals surface area contributed by atoms with Gasteiger partial charge in [0.2, 0.25) is 12.7 Å². The van der Waals surface area contributed by atoms with Crippen LogP contribution < -0.4 is 20.1 Å². The number of hydrogen-bond donors (Lipinski definition) is 2. The number of benzene rings is 1. The third kappa shape index (κ3) is 2.58. The predicted molar refractivity (Wildman–Crippen MR) is 79.8 cm³/mol. The molecular weight excluding hydrogens is 343 g/mol. The molecule has 2 aromatic rings. The summed E-state index contributed by atoms with van der Waals surface area (Å²) in [5, 5.41) is 5.78. The van der Waals surface area contributed by atoms with Gasteiger partial charge in [-0.2, -0.15) is 4.98 Å². The van der Waals surface area contributed by atoms with E-state index in [4.69, 9.17) is 9.47 Å². The van der Waals surface area contributed by atoms with E-state index in [-0.39, 0.29) is 17.0 Å². The summed E-state index contributed by atoms with van der Waals surface area (Å²) in [7, 11) is 1.75. The predicted octanol–water partition coefficient (Wildman–Crippen LogP) is 3.20. The third-order valence-electron chi connectivity index (χ3n) is 2.90. The monoisotopic (exact) mass is 354 g/mol. The van der Waals surface area contributed by atoms with Gasteiger partial charge in [-0.3, -0.25) is 0 Å². The smallest absolute Gasteiger partial charge is 0.231 e. The van der Waals surface area contributed by atoms with E-state index in [1.807, 2.05) is 6.92 Å². The van der Waals surface area contributed by atoms with E-state index in [1.54, 1.807) is 13.1 Å². The first-order chi connectivity index (χ1) is 10.1. The number of nitrogens with one attached hydrogen (secondary N) is 2. The molecule has 0 spiro atoms. The molecule has 0 amide bonds. The van der Waals surface area contributed by atoms with Crippen molar-refractivity contribution < 1.29 is 13.9 Å². The molecule has 0 radical (unpaired) electrons. The first-order valence-corrected chi connectivity index (χ1v) is 6.96. The Morgan fingerprint density at radius 3 is 2.86 bits per heavy atom. The Hall–Kier alpha value is -2.09. The number of hydrogen-bond acceptors (Lipinski definition) is 6. The van der Waals surface area contributed by atoms with Gasteiger partial charge in [-0.1, -0.05) is 0 Å². The van der Waals surface area contributed by atoms with Crippen LogP contribution in [0, 0.1) is 12.7 Å². The lowest BCUT2D eigenvalue weighted by atomic mass is 10.2. The maximum Gasteiger partial charge on any atom is 0.231 e. The Morgan fingerprint density at radius 1 is 1.29 bits per heavy atom. The number of aromatic nitrogens is 2. The van der Waals surface area contributed by atoms with Gasteiger partial charge in [-0.25, -0.2) is 9.37 Å². The summed E-state index contributed by atoms with van der Waals surface area (Å²) in [6.45, 7) is 1.90. The normalized spacial score (nSPS) is 12.4. The lowest BCUT2D eigenvalue weighted by Crippen LogP contribution is -2.03. The van der Waals surface area contributed by atoms with Gasteiger partial charge in [-0.15, -0.1) is 0 Å². The topological polar surface area (TPSA) is 68.3 Å². The Morgan fingerprint density at radius 2 is 2.10 bits per heavy atom. The minimum atomic E-state index is -0.490. The summed E-state index contributed by atoms with van der Waals surface area (Å²) < 4.78 is 25.0. The molecule has 0 saturated carbocycles. The molecular formula is C13H12BrFN4O2. The third-order valence-corrected chi connectivity index (χ3v) is 3.61. The lowest BCUT2D eigenvalue weighted by Gasteiger charge is -2.10. The number of ether oxygens (including phenoxy) is 2. The molecule has 1 aliphatic rings. The fourth-order valence-corrected chi connectivity index (χ4v) is 2.47. The van der Waals surface area contributed by atoms with E-state index >= 15 is 0 Å². The molecule has 8 heteroatoms. The molecule has 1 aromatic carbocycles. The molecule has 0 bridgehead atoms. The highest BCUT2D eigenvalue weighted by molar-refractivity contribution is 9.10. The van der Waals surface area contributed by atoms with E-state index in [1.165, 1.54) is 6.07 Å². The van der Waals surface area contributed by atoms with Crippen molar-refractivity contribution in [2.45, 2.75) is 6.92 Å². The van der Waals surface area contributed by atoms with Gasteiger partial charge < -0.3 is 20.1 Å². The highest BCUT2D eigenvalue weighted by Gasteiger charge is 2.23. The van der Waals surface area contributed by atoms with Crippen molar-refractivity contribution in [1.82, 2.24) is 9.97 Å². The minimum absolute atomic E-state index is 0.0711. The van der Waals surface area contributed by atoms with Crippen molar-refractivity contribution in [3.63, 3.8) is 0 Å². The summed E-state index contributed by atoms with van der Waals surface area (Å²) in [5.41, 5.74) is 0.968. The zero-order valence-electron chi connectivity index (χ0n) is 11.3. The zero-order valence-corrected chi connectivity index (χ0v) is 12.9. The molecule has 0 saturated heterocycles. The quantitative estimate of drug-likeness (QED) is 0.882. The Bertz CT molecular complexity index is 711. The molecule has 1 aromatic heterocycles. The van der Waals surface area contributed by atoms with Crippen molar-refractivity contribution in [1.29, 1.82) is 0 Å². The molecule has 21 heavy (non-hydrogen) atoms. The maximum absolute atomic E-state index is 14.3. The standard InChI is InChI=1S/C13H12BrFN4O2/c1-6-3-9(16-2)19-13(17-6)18-7-4-8-12(21-5-20-8)10(14)11(7)15/h3-4H,5H2,1-2H3,(H2,16,17,18,19). The highest BCUT2D eigenvalue weighted by Crippen LogP contribution is 2.44. The Balaban J connectivity index is 1.99. The van der Waals surface area contributed by atoms with Gasteiger partial charge in [0.25, 0.3) is 0 Å². The summed E-state index contributed by atoms with van der Waals surface area (Å²) in [6.07, 6.45) is 0. The number of nitrogens with zero attached hydrogens (tertiary/aromatic N) is 2. The van der Waals surface area contributed by atoms with Crippen LogP contribution in [0.15, 0.2) is 16.6 Å². The van der Waals surface area contributed by atoms with Gasteiger partial charge in [0.15, 0.2) is 17.3 Å². The molecule has 0 aliphatic carbocycles. The van der Waals surface area contributed by atoms with Crippen molar-refractivity contribution in [2.24, 2.45) is 0 Å². The average molecular weight is 355 g/mol. The van der Waals surface area contributed by atoms with Crippen LogP contribution >= 0.6 is 15.9 Å².